The van der Waals surface area contributed by atoms with E-state index in [1.807, 2.05) is 25.7 Å². The fourth-order valence-corrected chi connectivity index (χ4v) is 2.50. The number of hydrogen-bond donors (Lipinski definition) is 1. The number of carbonyl (C=O) groups is 1. The van der Waals surface area contributed by atoms with Gasteiger partial charge in [-0.2, -0.15) is 0 Å². The SMILES string of the molecule is CCN(CC)C(=O)C(C)NC1CCCCC1. The molecule has 1 aliphatic carbocycles. The molecule has 0 radical (unpaired) electrons. The average Bonchev–Trinajstić information content (AvgIpc) is 2.31. The van der Waals surface area contributed by atoms with Gasteiger partial charge in [-0.1, -0.05) is 19.3 Å². The summed E-state index contributed by atoms with van der Waals surface area (Å²) in [5.74, 6) is 0.246. The van der Waals surface area contributed by atoms with Gasteiger partial charge in [0, 0.05) is 19.1 Å². The van der Waals surface area contributed by atoms with E-state index in [1.165, 1.54) is 32.1 Å². The third kappa shape index (κ3) is 3.78. The Morgan fingerprint density at radius 1 is 1.25 bits per heavy atom. The van der Waals surface area contributed by atoms with Crippen LogP contribution < -0.4 is 5.32 Å². The van der Waals surface area contributed by atoms with Gasteiger partial charge in [-0.15, -0.1) is 0 Å². The van der Waals surface area contributed by atoms with Gasteiger partial charge in [0.05, 0.1) is 6.04 Å². The van der Waals surface area contributed by atoms with Crippen molar-refractivity contribution in [3.63, 3.8) is 0 Å². The molecule has 1 saturated carbocycles. The van der Waals surface area contributed by atoms with Crippen LogP contribution in [-0.2, 0) is 4.79 Å². The van der Waals surface area contributed by atoms with Crippen molar-refractivity contribution in [3.8, 4) is 0 Å². The van der Waals surface area contributed by atoms with Crippen LogP contribution in [0.25, 0.3) is 0 Å². The Balaban J connectivity index is 2.37. The van der Waals surface area contributed by atoms with E-state index in [-0.39, 0.29) is 11.9 Å². The van der Waals surface area contributed by atoms with Gasteiger partial charge in [-0.25, -0.2) is 0 Å². The Bertz CT molecular complexity index is 208. The first kappa shape index (κ1) is 13.5. The van der Waals surface area contributed by atoms with Crippen LogP contribution in [0.3, 0.4) is 0 Å². The standard InChI is InChI=1S/C13H26N2O/c1-4-15(5-2)13(16)11(3)14-12-9-7-6-8-10-12/h11-12,14H,4-10H2,1-3H3. The highest BCUT2D eigenvalue weighted by atomic mass is 16.2. The molecule has 16 heavy (non-hydrogen) atoms. The molecule has 1 rings (SSSR count). The molecule has 0 aromatic rings. The molecule has 1 amide bonds. The minimum absolute atomic E-state index is 0.0250. The summed E-state index contributed by atoms with van der Waals surface area (Å²) >= 11 is 0. The summed E-state index contributed by atoms with van der Waals surface area (Å²) in [6.07, 6.45) is 6.44. The summed E-state index contributed by atoms with van der Waals surface area (Å²) in [6.45, 7) is 7.69. The van der Waals surface area contributed by atoms with Crippen LogP contribution in [0, 0.1) is 0 Å². The third-order valence-electron chi connectivity index (χ3n) is 3.54. The van der Waals surface area contributed by atoms with Gasteiger partial charge in [-0.3, -0.25) is 4.79 Å². The van der Waals surface area contributed by atoms with Crippen molar-refractivity contribution in [2.45, 2.75) is 65.0 Å². The number of likely N-dealkylation sites (N-methyl/N-ethyl adjacent to an activating group) is 1. The van der Waals surface area contributed by atoms with Crippen LogP contribution >= 0.6 is 0 Å². The quantitative estimate of drug-likeness (QED) is 0.779. The van der Waals surface area contributed by atoms with E-state index in [9.17, 15) is 4.79 Å². The molecule has 1 atom stereocenters. The summed E-state index contributed by atoms with van der Waals surface area (Å²) in [7, 11) is 0. The lowest BCUT2D eigenvalue weighted by Crippen LogP contribution is -2.48. The van der Waals surface area contributed by atoms with Gasteiger partial charge >= 0.3 is 0 Å². The van der Waals surface area contributed by atoms with Gasteiger partial charge in [0.1, 0.15) is 0 Å². The van der Waals surface area contributed by atoms with Gasteiger partial charge < -0.3 is 10.2 Å². The van der Waals surface area contributed by atoms with Crippen molar-refractivity contribution >= 4 is 5.91 Å². The molecule has 1 fully saturated rings. The number of nitrogens with zero attached hydrogens (tertiary/aromatic N) is 1. The molecule has 0 bridgehead atoms. The normalized spacial score (nSPS) is 19.4. The monoisotopic (exact) mass is 226 g/mol. The first-order chi connectivity index (χ1) is 7.69. The molecule has 0 spiro atoms. The highest BCUT2D eigenvalue weighted by Gasteiger charge is 2.22. The van der Waals surface area contributed by atoms with Crippen molar-refractivity contribution in [1.82, 2.24) is 10.2 Å². The van der Waals surface area contributed by atoms with Crippen molar-refractivity contribution in [1.29, 1.82) is 0 Å². The molecule has 0 saturated heterocycles. The van der Waals surface area contributed by atoms with E-state index in [1.54, 1.807) is 0 Å². The van der Waals surface area contributed by atoms with E-state index in [0.717, 1.165) is 13.1 Å². The topological polar surface area (TPSA) is 32.3 Å². The number of hydrogen-bond acceptors (Lipinski definition) is 2. The molecular formula is C13H26N2O. The fourth-order valence-electron chi connectivity index (χ4n) is 2.50. The van der Waals surface area contributed by atoms with E-state index in [0.29, 0.717) is 6.04 Å². The Morgan fingerprint density at radius 2 is 1.81 bits per heavy atom. The molecule has 1 unspecified atom stereocenters. The highest BCUT2D eigenvalue weighted by Crippen LogP contribution is 2.18. The predicted molar refractivity (Wildman–Crippen MR) is 67.4 cm³/mol. The van der Waals surface area contributed by atoms with E-state index >= 15 is 0 Å². The van der Waals surface area contributed by atoms with Crippen molar-refractivity contribution in [3.05, 3.63) is 0 Å². The maximum atomic E-state index is 12.0. The largest absolute Gasteiger partial charge is 0.342 e. The third-order valence-corrected chi connectivity index (χ3v) is 3.54. The molecule has 0 heterocycles. The van der Waals surface area contributed by atoms with Crippen LogP contribution in [0.5, 0.6) is 0 Å². The van der Waals surface area contributed by atoms with Gasteiger partial charge in [-0.05, 0) is 33.6 Å². The zero-order valence-electron chi connectivity index (χ0n) is 11.0. The van der Waals surface area contributed by atoms with Crippen molar-refractivity contribution < 1.29 is 4.79 Å². The van der Waals surface area contributed by atoms with Gasteiger partial charge in [0.2, 0.25) is 5.91 Å². The second-order valence-corrected chi connectivity index (χ2v) is 4.73. The average molecular weight is 226 g/mol. The maximum absolute atomic E-state index is 12.0. The van der Waals surface area contributed by atoms with E-state index in [2.05, 4.69) is 5.32 Å². The molecule has 1 aliphatic rings. The molecule has 0 aromatic heterocycles. The summed E-state index contributed by atoms with van der Waals surface area (Å²) in [6, 6.07) is 0.534. The molecule has 0 aliphatic heterocycles. The second-order valence-electron chi connectivity index (χ2n) is 4.73. The number of rotatable bonds is 5. The highest BCUT2D eigenvalue weighted by molar-refractivity contribution is 5.81. The van der Waals surface area contributed by atoms with Crippen LogP contribution in [0.15, 0.2) is 0 Å². The summed E-state index contributed by atoms with van der Waals surface area (Å²) < 4.78 is 0. The minimum Gasteiger partial charge on any atom is -0.342 e. The van der Waals surface area contributed by atoms with Crippen LogP contribution in [-0.4, -0.2) is 36.0 Å². The Labute approximate surface area is 99.6 Å². The van der Waals surface area contributed by atoms with Crippen LogP contribution in [0.2, 0.25) is 0 Å². The molecule has 3 nitrogen and oxygen atoms in total. The molecule has 0 aromatic carbocycles. The van der Waals surface area contributed by atoms with Gasteiger partial charge in [0.15, 0.2) is 0 Å². The van der Waals surface area contributed by atoms with Crippen LogP contribution in [0.4, 0.5) is 0 Å². The van der Waals surface area contributed by atoms with E-state index in [4.69, 9.17) is 0 Å². The first-order valence-electron chi connectivity index (χ1n) is 6.73. The van der Waals surface area contributed by atoms with Crippen molar-refractivity contribution in [2.75, 3.05) is 13.1 Å². The molecule has 3 heteroatoms. The lowest BCUT2D eigenvalue weighted by atomic mass is 9.95. The number of nitrogens with one attached hydrogen (secondary N) is 1. The lowest BCUT2D eigenvalue weighted by molar-refractivity contribution is -0.132. The first-order valence-corrected chi connectivity index (χ1v) is 6.73. The Morgan fingerprint density at radius 3 is 2.31 bits per heavy atom. The molecule has 1 N–H and O–H groups in total. The Kier molecular flexibility index (Phi) is 5.81. The minimum atomic E-state index is -0.0250. The number of carbonyl (C=O) groups excluding carboxylic acids is 1. The summed E-state index contributed by atoms with van der Waals surface area (Å²) in [5.41, 5.74) is 0. The zero-order chi connectivity index (χ0) is 12.0. The predicted octanol–water partition coefficient (Wildman–Crippen LogP) is 2.17. The smallest absolute Gasteiger partial charge is 0.239 e. The second kappa shape index (κ2) is 6.89. The Hall–Kier alpha value is -0.570. The molecular weight excluding hydrogens is 200 g/mol. The summed E-state index contributed by atoms with van der Waals surface area (Å²) in [4.78, 5) is 13.9. The van der Waals surface area contributed by atoms with E-state index < -0.39 is 0 Å². The zero-order valence-corrected chi connectivity index (χ0v) is 11.0. The molecule has 94 valence electrons. The summed E-state index contributed by atoms with van der Waals surface area (Å²) in [5, 5.41) is 3.48. The van der Waals surface area contributed by atoms with Crippen LogP contribution in [0.1, 0.15) is 52.9 Å². The fraction of sp³-hybridized carbons (Fsp3) is 0.923. The van der Waals surface area contributed by atoms with Gasteiger partial charge in [0.25, 0.3) is 0 Å². The number of amides is 1. The lowest BCUT2D eigenvalue weighted by Gasteiger charge is -2.29. The van der Waals surface area contributed by atoms with Crippen molar-refractivity contribution in [2.24, 2.45) is 0 Å². The maximum Gasteiger partial charge on any atom is 0.239 e.